The molecule has 17 heavy (non-hydrogen) atoms. The Kier molecular flexibility index (Phi) is 3.46. The van der Waals surface area contributed by atoms with E-state index in [4.69, 9.17) is 5.73 Å². The molecule has 0 bridgehead atoms. The Labute approximate surface area is 103 Å². The number of hydrogen-bond acceptors (Lipinski definition) is 5. The van der Waals surface area contributed by atoms with Crippen molar-refractivity contribution in [3.8, 4) is 0 Å². The number of carbonyl (C=O) groups is 2. The summed E-state index contributed by atoms with van der Waals surface area (Å²) in [7, 11) is 0. The summed E-state index contributed by atoms with van der Waals surface area (Å²) in [4.78, 5) is 38.7. The van der Waals surface area contributed by atoms with Crippen molar-refractivity contribution in [1.82, 2.24) is 4.90 Å². The van der Waals surface area contributed by atoms with Crippen molar-refractivity contribution in [2.24, 2.45) is 16.6 Å². The summed E-state index contributed by atoms with van der Waals surface area (Å²) in [5.41, 5.74) is 5.32. The number of primary amides is 1. The van der Waals surface area contributed by atoms with Gasteiger partial charge in [-0.25, -0.2) is 0 Å². The van der Waals surface area contributed by atoms with Crippen molar-refractivity contribution in [2.45, 2.75) is 18.9 Å². The highest BCUT2D eigenvalue weighted by molar-refractivity contribution is 8.14. The molecule has 2 amide bonds. The molecule has 2 aliphatic heterocycles. The van der Waals surface area contributed by atoms with E-state index in [1.165, 1.54) is 11.8 Å². The summed E-state index contributed by atoms with van der Waals surface area (Å²) in [6.07, 6.45) is 2.88. The number of hydrogen-bond donors (Lipinski definition) is 1. The average molecular weight is 254 g/mol. The van der Waals surface area contributed by atoms with Crippen LogP contribution in [0, 0.1) is 5.92 Å². The molecule has 2 atom stereocenters. The molecule has 1 radical (unpaired) electrons. The van der Waals surface area contributed by atoms with Crippen molar-refractivity contribution >= 4 is 35.0 Å². The molecule has 91 valence electrons. The minimum Gasteiger partial charge on any atom is -0.368 e. The fourth-order valence-electron chi connectivity index (χ4n) is 2.02. The largest absolute Gasteiger partial charge is 0.368 e. The lowest BCUT2D eigenvalue weighted by Gasteiger charge is -2.36. The van der Waals surface area contributed by atoms with Gasteiger partial charge in [0.2, 0.25) is 12.2 Å². The third kappa shape index (κ3) is 2.49. The van der Waals surface area contributed by atoms with Crippen LogP contribution in [-0.2, 0) is 14.4 Å². The number of nitrogens with two attached hydrogens (primary N) is 1. The lowest BCUT2D eigenvalue weighted by atomic mass is 9.92. The van der Waals surface area contributed by atoms with Gasteiger partial charge in [-0.1, -0.05) is 11.8 Å². The van der Waals surface area contributed by atoms with Crippen molar-refractivity contribution in [1.29, 1.82) is 0 Å². The third-order valence-electron chi connectivity index (χ3n) is 2.89. The Bertz CT molecular complexity index is 396. The molecule has 2 heterocycles. The van der Waals surface area contributed by atoms with Crippen LogP contribution in [0.25, 0.3) is 0 Å². The highest BCUT2D eigenvalue weighted by atomic mass is 32.2. The van der Waals surface area contributed by atoms with Gasteiger partial charge in [-0.15, -0.1) is 0 Å². The van der Waals surface area contributed by atoms with Gasteiger partial charge in [0, 0.05) is 12.5 Å². The van der Waals surface area contributed by atoms with Crippen LogP contribution < -0.4 is 5.73 Å². The summed E-state index contributed by atoms with van der Waals surface area (Å²) >= 11 is 1.31. The van der Waals surface area contributed by atoms with Crippen LogP contribution in [0.1, 0.15) is 12.8 Å². The molecule has 2 N–H and O–H groups in total. The number of aliphatic imine (C=N–C) groups is 1. The summed E-state index contributed by atoms with van der Waals surface area (Å²) in [6, 6.07) is -0.563. The maximum absolute atomic E-state index is 11.4. The highest BCUT2D eigenvalue weighted by Crippen LogP contribution is 2.27. The predicted molar refractivity (Wildman–Crippen MR) is 63.0 cm³/mol. The molecule has 1 fully saturated rings. The van der Waals surface area contributed by atoms with E-state index in [1.807, 2.05) is 6.29 Å². The van der Waals surface area contributed by atoms with Crippen LogP contribution >= 0.6 is 11.8 Å². The van der Waals surface area contributed by atoms with Gasteiger partial charge >= 0.3 is 0 Å². The Morgan fingerprint density at radius 2 is 2.35 bits per heavy atom. The van der Waals surface area contributed by atoms with Gasteiger partial charge in [0.25, 0.3) is 5.91 Å². The van der Waals surface area contributed by atoms with Gasteiger partial charge < -0.3 is 10.6 Å². The van der Waals surface area contributed by atoms with E-state index < -0.39 is 11.9 Å². The first kappa shape index (κ1) is 12.1. The smallest absolute Gasteiger partial charge is 0.258 e. The Hall–Kier alpha value is -1.37. The normalized spacial score (nSPS) is 29.1. The third-order valence-corrected chi connectivity index (χ3v) is 3.86. The molecule has 2 rings (SSSR count). The standard InChI is InChI=1S/C10H12N3O3S/c11-9(16)7-3-6(4-14)1-2-13(7)10-12-8(15)5-17-10/h6-7H,1-3,5H2,(H2,11,16). The number of nitrogens with zero attached hydrogens (tertiary/aromatic N) is 2. The van der Waals surface area contributed by atoms with Gasteiger partial charge in [0.1, 0.15) is 6.04 Å². The Balaban J connectivity index is 2.15. The van der Waals surface area contributed by atoms with Crippen LogP contribution in [-0.4, -0.2) is 46.5 Å². The number of piperidine rings is 1. The van der Waals surface area contributed by atoms with Gasteiger partial charge in [-0.05, 0) is 12.8 Å². The summed E-state index contributed by atoms with van der Waals surface area (Å²) in [5.74, 6) is -0.642. The molecule has 0 aromatic heterocycles. The van der Waals surface area contributed by atoms with Gasteiger partial charge in [0.15, 0.2) is 5.17 Å². The fraction of sp³-hybridized carbons (Fsp3) is 0.600. The van der Waals surface area contributed by atoms with E-state index in [9.17, 15) is 14.4 Å². The number of amides is 2. The van der Waals surface area contributed by atoms with Crippen molar-refractivity contribution < 1.29 is 14.4 Å². The van der Waals surface area contributed by atoms with E-state index in [-0.39, 0.29) is 11.8 Å². The zero-order chi connectivity index (χ0) is 12.4. The van der Waals surface area contributed by atoms with E-state index in [2.05, 4.69) is 4.99 Å². The van der Waals surface area contributed by atoms with Crippen molar-refractivity contribution in [2.75, 3.05) is 12.3 Å². The first-order valence-electron chi connectivity index (χ1n) is 5.29. The van der Waals surface area contributed by atoms with Crippen LogP contribution in [0.15, 0.2) is 4.99 Å². The molecule has 0 spiro atoms. The van der Waals surface area contributed by atoms with Crippen LogP contribution in [0.3, 0.4) is 0 Å². The number of rotatable bonds is 2. The van der Waals surface area contributed by atoms with Crippen LogP contribution in [0.5, 0.6) is 0 Å². The molecule has 0 saturated carbocycles. The zero-order valence-corrected chi connectivity index (χ0v) is 9.90. The van der Waals surface area contributed by atoms with E-state index in [0.717, 1.165) is 0 Å². The second-order valence-electron chi connectivity index (χ2n) is 4.03. The Morgan fingerprint density at radius 3 is 2.88 bits per heavy atom. The van der Waals surface area contributed by atoms with E-state index in [1.54, 1.807) is 4.90 Å². The zero-order valence-electron chi connectivity index (χ0n) is 9.09. The molecule has 2 unspecified atom stereocenters. The van der Waals surface area contributed by atoms with Crippen LogP contribution in [0.2, 0.25) is 0 Å². The first-order chi connectivity index (χ1) is 8.11. The molecule has 1 saturated heterocycles. The average Bonchev–Trinajstić information content (AvgIpc) is 2.75. The molecule has 0 aromatic carbocycles. The molecular weight excluding hydrogens is 242 g/mol. The van der Waals surface area contributed by atoms with Crippen LogP contribution in [0.4, 0.5) is 0 Å². The highest BCUT2D eigenvalue weighted by Gasteiger charge is 2.36. The monoisotopic (exact) mass is 254 g/mol. The second-order valence-corrected chi connectivity index (χ2v) is 4.97. The maximum Gasteiger partial charge on any atom is 0.258 e. The van der Waals surface area contributed by atoms with Gasteiger partial charge in [-0.2, -0.15) is 4.99 Å². The predicted octanol–water partition coefficient (Wildman–Crippen LogP) is -0.709. The lowest BCUT2D eigenvalue weighted by molar-refractivity contribution is -0.123. The fourth-order valence-corrected chi connectivity index (χ4v) is 2.88. The molecule has 6 nitrogen and oxygen atoms in total. The SMILES string of the molecule is NC(=O)C1CC([C]=O)CCN1C1=NC(=O)CS1. The quantitative estimate of drug-likeness (QED) is 0.702. The summed E-state index contributed by atoms with van der Waals surface area (Å²) < 4.78 is 0. The Morgan fingerprint density at radius 1 is 1.59 bits per heavy atom. The van der Waals surface area contributed by atoms with Crippen molar-refractivity contribution in [3.05, 3.63) is 0 Å². The van der Waals surface area contributed by atoms with Gasteiger partial charge in [-0.3, -0.25) is 14.4 Å². The van der Waals surface area contributed by atoms with E-state index in [0.29, 0.717) is 30.3 Å². The lowest BCUT2D eigenvalue weighted by Crippen LogP contribution is -2.51. The molecule has 7 heteroatoms. The number of amidine groups is 1. The summed E-state index contributed by atoms with van der Waals surface area (Å²) in [6.45, 7) is 0.507. The number of carbonyl (C=O) groups excluding carboxylic acids is 3. The molecule has 0 aromatic rings. The number of thioether (sulfide) groups is 1. The first-order valence-corrected chi connectivity index (χ1v) is 6.28. The topological polar surface area (TPSA) is 92.8 Å². The summed E-state index contributed by atoms with van der Waals surface area (Å²) in [5, 5.41) is 0.545. The van der Waals surface area contributed by atoms with Gasteiger partial charge in [0.05, 0.1) is 5.75 Å². The van der Waals surface area contributed by atoms with E-state index >= 15 is 0 Å². The molecular formula is C10H12N3O3S. The number of likely N-dealkylation sites (tertiary alicyclic amines) is 1. The maximum atomic E-state index is 11.4. The second kappa shape index (κ2) is 4.87. The van der Waals surface area contributed by atoms with Crippen molar-refractivity contribution in [3.63, 3.8) is 0 Å². The minimum absolute atomic E-state index is 0.197. The molecule has 2 aliphatic rings. The minimum atomic E-state index is -0.563. The molecule has 0 aliphatic carbocycles.